The van der Waals surface area contributed by atoms with Gasteiger partial charge in [0.15, 0.2) is 0 Å². The monoisotopic (exact) mass is 359 g/mol. The van der Waals surface area contributed by atoms with Crippen molar-refractivity contribution in [1.82, 2.24) is 4.37 Å². The maximum Gasteiger partial charge on any atom is 0.147 e. The maximum atomic E-state index is 6.02. The van der Waals surface area contributed by atoms with Gasteiger partial charge >= 0.3 is 0 Å². The number of nitrogens with one attached hydrogen (secondary N) is 1. The minimum absolute atomic E-state index is 0.570. The molecule has 1 aromatic heterocycles. The zero-order chi connectivity index (χ0) is 14.7. The topological polar surface area (TPSA) is 50.9 Å². The summed E-state index contributed by atoms with van der Waals surface area (Å²) in [5.41, 5.74) is 9.28. The highest BCUT2D eigenvalue weighted by Crippen LogP contribution is 2.37. The van der Waals surface area contributed by atoms with Crippen LogP contribution in [0.1, 0.15) is 5.56 Å². The van der Waals surface area contributed by atoms with Gasteiger partial charge in [0, 0.05) is 11.0 Å². The van der Waals surface area contributed by atoms with E-state index in [4.69, 9.17) is 5.73 Å². The summed E-state index contributed by atoms with van der Waals surface area (Å²) in [5.74, 6) is 0.570. The molecular formula is C16H14BrN3S. The molecule has 3 aromatic rings. The van der Waals surface area contributed by atoms with Crippen molar-refractivity contribution in [2.45, 2.75) is 6.54 Å². The third-order valence-electron chi connectivity index (χ3n) is 3.18. The van der Waals surface area contributed by atoms with E-state index in [-0.39, 0.29) is 0 Å². The largest absolute Gasteiger partial charge is 0.382 e. The standard InChI is InChI=1S/C16H14BrN3S/c17-13-9-5-4-8-12(13)10-19-16-14(15(18)20-21-16)11-6-2-1-3-7-11/h1-9,19H,10H2,(H2,18,20). The highest BCUT2D eigenvalue weighted by Gasteiger charge is 2.13. The van der Waals surface area contributed by atoms with Gasteiger partial charge in [0.2, 0.25) is 0 Å². The molecule has 106 valence electrons. The van der Waals surface area contributed by atoms with Gasteiger partial charge in [-0.2, -0.15) is 4.37 Å². The van der Waals surface area contributed by atoms with Crippen molar-refractivity contribution in [3.05, 3.63) is 64.6 Å². The second-order valence-electron chi connectivity index (χ2n) is 4.58. The molecule has 5 heteroatoms. The molecule has 0 aliphatic carbocycles. The minimum Gasteiger partial charge on any atom is -0.382 e. The summed E-state index contributed by atoms with van der Waals surface area (Å²) in [6, 6.07) is 18.3. The number of rotatable bonds is 4. The molecule has 2 aromatic carbocycles. The Kier molecular flexibility index (Phi) is 4.22. The predicted molar refractivity (Wildman–Crippen MR) is 93.4 cm³/mol. The minimum atomic E-state index is 0.570. The second-order valence-corrected chi connectivity index (χ2v) is 6.21. The molecule has 0 bridgehead atoms. The Labute approximate surface area is 136 Å². The third kappa shape index (κ3) is 3.09. The number of halogens is 1. The molecular weight excluding hydrogens is 346 g/mol. The number of benzene rings is 2. The molecule has 1 heterocycles. The first-order valence-corrected chi connectivity index (χ1v) is 8.10. The van der Waals surface area contributed by atoms with E-state index in [0.29, 0.717) is 5.82 Å². The van der Waals surface area contributed by atoms with E-state index in [0.717, 1.165) is 27.1 Å². The summed E-state index contributed by atoms with van der Waals surface area (Å²) in [4.78, 5) is 0. The maximum absolute atomic E-state index is 6.02. The number of anilines is 2. The van der Waals surface area contributed by atoms with E-state index < -0.39 is 0 Å². The number of hydrogen-bond donors (Lipinski definition) is 2. The molecule has 0 saturated carbocycles. The summed E-state index contributed by atoms with van der Waals surface area (Å²) in [7, 11) is 0. The van der Waals surface area contributed by atoms with E-state index in [9.17, 15) is 0 Å². The van der Waals surface area contributed by atoms with Gasteiger partial charge in [-0.05, 0) is 28.7 Å². The molecule has 0 aliphatic heterocycles. The Morgan fingerprint density at radius 2 is 1.76 bits per heavy atom. The molecule has 0 spiro atoms. The first kappa shape index (κ1) is 14.1. The number of hydrogen-bond acceptors (Lipinski definition) is 4. The van der Waals surface area contributed by atoms with Crippen LogP contribution < -0.4 is 11.1 Å². The number of nitrogen functional groups attached to an aromatic ring is 1. The lowest BCUT2D eigenvalue weighted by atomic mass is 10.1. The van der Waals surface area contributed by atoms with Gasteiger partial charge in [-0.1, -0.05) is 64.5 Å². The van der Waals surface area contributed by atoms with Crippen LogP contribution in [0.25, 0.3) is 11.1 Å². The fourth-order valence-corrected chi connectivity index (χ4v) is 3.28. The van der Waals surface area contributed by atoms with Crippen molar-refractivity contribution >= 4 is 38.3 Å². The van der Waals surface area contributed by atoms with Gasteiger partial charge < -0.3 is 11.1 Å². The summed E-state index contributed by atoms with van der Waals surface area (Å²) in [5, 5.41) is 4.43. The van der Waals surface area contributed by atoms with Crippen LogP contribution in [0.4, 0.5) is 10.8 Å². The van der Waals surface area contributed by atoms with Crippen LogP contribution in [0.5, 0.6) is 0 Å². The molecule has 0 atom stereocenters. The molecule has 0 amide bonds. The summed E-state index contributed by atoms with van der Waals surface area (Å²) in [6.45, 7) is 0.725. The summed E-state index contributed by atoms with van der Waals surface area (Å²) < 4.78 is 5.37. The zero-order valence-electron chi connectivity index (χ0n) is 11.2. The fraction of sp³-hybridized carbons (Fsp3) is 0.0625. The molecule has 0 unspecified atom stereocenters. The molecule has 3 rings (SSSR count). The van der Waals surface area contributed by atoms with Crippen molar-refractivity contribution < 1.29 is 0 Å². The number of nitrogens with two attached hydrogens (primary N) is 1. The van der Waals surface area contributed by atoms with Gasteiger partial charge in [0.25, 0.3) is 0 Å². The highest BCUT2D eigenvalue weighted by molar-refractivity contribution is 9.10. The molecule has 21 heavy (non-hydrogen) atoms. The van der Waals surface area contributed by atoms with Gasteiger partial charge in [-0.3, -0.25) is 0 Å². The lowest BCUT2D eigenvalue weighted by Crippen LogP contribution is -2.00. The van der Waals surface area contributed by atoms with Crippen molar-refractivity contribution in [2.24, 2.45) is 0 Å². The smallest absolute Gasteiger partial charge is 0.147 e. The second kappa shape index (κ2) is 6.28. The molecule has 0 fully saturated rings. The van der Waals surface area contributed by atoms with E-state index in [1.54, 1.807) is 0 Å². The quantitative estimate of drug-likeness (QED) is 0.705. The lowest BCUT2D eigenvalue weighted by Gasteiger charge is -2.08. The van der Waals surface area contributed by atoms with Crippen LogP contribution in [0.15, 0.2) is 59.1 Å². The first-order valence-electron chi connectivity index (χ1n) is 6.53. The van der Waals surface area contributed by atoms with Crippen LogP contribution in [-0.2, 0) is 6.54 Å². The van der Waals surface area contributed by atoms with Crippen molar-refractivity contribution in [1.29, 1.82) is 0 Å². The van der Waals surface area contributed by atoms with Crippen molar-refractivity contribution in [2.75, 3.05) is 11.1 Å². The molecule has 3 nitrogen and oxygen atoms in total. The Morgan fingerprint density at radius 1 is 1.05 bits per heavy atom. The van der Waals surface area contributed by atoms with Gasteiger partial charge in [0.05, 0.1) is 5.56 Å². The van der Waals surface area contributed by atoms with Gasteiger partial charge in [-0.15, -0.1) is 0 Å². The average Bonchev–Trinajstić information content (AvgIpc) is 2.88. The van der Waals surface area contributed by atoms with E-state index in [1.165, 1.54) is 17.1 Å². The van der Waals surface area contributed by atoms with E-state index in [2.05, 4.69) is 31.7 Å². The van der Waals surface area contributed by atoms with Crippen molar-refractivity contribution in [3.63, 3.8) is 0 Å². The highest BCUT2D eigenvalue weighted by atomic mass is 79.9. The molecule has 0 aliphatic rings. The summed E-state index contributed by atoms with van der Waals surface area (Å²) >= 11 is 4.96. The van der Waals surface area contributed by atoms with Crippen LogP contribution in [0.3, 0.4) is 0 Å². The van der Waals surface area contributed by atoms with E-state index >= 15 is 0 Å². The van der Waals surface area contributed by atoms with Crippen LogP contribution in [0, 0.1) is 0 Å². The third-order valence-corrected chi connectivity index (χ3v) is 4.77. The number of aromatic nitrogens is 1. The molecule has 0 radical (unpaired) electrons. The normalized spacial score (nSPS) is 10.5. The SMILES string of the molecule is Nc1nsc(NCc2ccccc2Br)c1-c1ccccc1. The van der Waals surface area contributed by atoms with Crippen LogP contribution in [-0.4, -0.2) is 4.37 Å². The Balaban J connectivity index is 1.86. The summed E-state index contributed by atoms with van der Waals surface area (Å²) in [6.07, 6.45) is 0. The Hall–Kier alpha value is -1.85. The van der Waals surface area contributed by atoms with Gasteiger partial charge in [0.1, 0.15) is 10.8 Å². The first-order chi connectivity index (χ1) is 10.3. The fourth-order valence-electron chi connectivity index (χ4n) is 2.12. The number of nitrogens with zero attached hydrogens (tertiary/aromatic N) is 1. The van der Waals surface area contributed by atoms with Crippen molar-refractivity contribution in [3.8, 4) is 11.1 Å². The molecule has 0 saturated heterocycles. The Bertz CT molecular complexity index is 740. The Morgan fingerprint density at radius 3 is 2.52 bits per heavy atom. The predicted octanol–water partition coefficient (Wildman–Crippen LogP) is 4.77. The van der Waals surface area contributed by atoms with E-state index in [1.807, 2.05) is 48.5 Å². The van der Waals surface area contributed by atoms with Crippen LogP contribution in [0.2, 0.25) is 0 Å². The molecule has 3 N–H and O–H groups in total. The lowest BCUT2D eigenvalue weighted by molar-refractivity contribution is 1.15. The van der Waals surface area contributed by atoms with Gasteiger partial charge in [-0.25, -0.2) is 0 Å². The zero-order valence-corrected chi connectivity index (χ0v) is 13.6. The van der Waals surface area contributed by atoms with Crippen LogP contribution >= 0.6 is 27.5 Å². The average molecular weight is 360 g/mol.